The van der Waals surface area contributed by atoms with Crippen LogP contribution < -0.4 is 5.32 Å². The summed E-state index contributed by atoms with van der Waals surface area (Å²) in [5, 5.41) is 13.4. The predicted octanol–water partition coefficient (Wildman–Crippen LogP) is 3.83. The highest BCUT2D eigenvalue weighted by molar-refractivity contribution is 5.48. The molecule has 0 bridgehead atoms. The van der Waals surface area contributed by atoms with Crippen LogP contribution in [0.5, 0.6) is 0 Å². The van der Waals surface area contributed by atoms with Crippen molar-refractivity contribution >= 4 is 5.82 Å². The van der Waals surface area contributed by atoms with Gasteiger partial charge in [-0.1, -0.05) is 12.1 Å². The van der Waals surface area contributed by atoms with Crippen LogP contribution in [0.1, 0.15) is 47.2 Å². The lowest BCUT2D eigenvalue weighted by atomic mass is 9.96. The lowest BCUT2D eigenvalue weighted by Crippen LogP contribution is -2.18. The van der Waals surface area contributed by atoms with Crippen LogP contribution in [0.4, 0.5) is 19.0 Å². The number of nitrogens with zero attached hydrogens (tertiary/aromatic N) is 2. The zero-order valence-electron chi connectivity index (χ0n) is 13.9. The molecule has 1 aromatic heterocycles. The molecule has 0 radical (unpaired) electrons. The van der Waals surface area contributed by atoms with Crippen molar-refractivity contribution in [3.8, 4) is 0 Å². The van der Waals surface area contributed by atoms with Crippen molar-refractivity contribution in [2.75, 3.05) is 11.9 Å². The first-order chi connectivity index (χ1) is 11.8. The van der Waals surface area contributed by atoms with Crippen molar-refractivity contribution in [2.24, 2.45) is 0 Å². The molecule has 2 aromatic rings. The largest absolute Gasteiger partial charge is 0.416 e. The molecule has 0 fully saturated rings. The smallest absolute Gasteiger partial charge is 0.387 e. The second-order valence-electron chi connectivity index (χ2n) is 6.27. The first kappa shape index (κ1) is 17.7. The van der Waals surface area contributed by atoms with Crippen molar-refractivity contribution in [1.29, 1.82) is 0 Å². The van der Waals surface area contributed by atoms with E-state index in [-0.39, 0.29) is 12.1 Å². The van der Waals surface area contributed by atoms with E-state index in [9.17, 15) is 18.3 Å². The minimum atomic E-state index is -4.42. The number of halogens is 3. The quantitative estimate of drug-likeness (QED) is 0.879. The summed E-state index contributed by atoms with van der Waals surface area (Å²) in [7, 11) is 0. The first-order valence-electron chi connectivity index (χ1n) is 8.30. The molecule has 0 amide bonds. The van der Waals surface area contributed by atoms with E-state index in [4.69, 9.17) is 0 Å². The highest BCUT2D eigenvalue weighted by Gasteiger charge is 2.30. The summed E-state index contributed by atoms with van der Waals surface area (Å²) in [6.07, 6.45) is -1.55. The normalized spacial score (nSPS) is 15.6. The topological polar surface area (TPSA) is 58.0 Å². The maximum absolute atomic E-state index is 12.8. The molecule has 3 rings (SSSR count). The van der Waals surface area contributed by atoms with Gasteiger partial charge in [0.1, 0.15) is 11.6 Å². The van der Waals surface area contributed by atoms with Crippen LogP contribution in [-0.2, 0) is 19.0 Å². The number of benzene rings is 1. The molecule has 1 aliphatic rings. The number of aromatic nitrogens is 2. The first-order valence-corrected chi connectivity index (χ1v) is 8.30. The predicted molar refractivity (Wildman–Crippen MR) is 88.3 cm³/mol. The molecule has 1 atom stereocenters. The standard InChI is InChI=1S/C18H20F3N3O/c1-11-23-15-8-3-2-7-14(15)17(24-11)22-10-16(25)12-5-4-6-13(9-12)18(19,20)21/h4-6,9,16,25H,2-3,7-8,10H2,1H3,(H,22,23,24). The highest BCUT2D eigenvalue weighted by atomic mass is 19.4. The average molecular weight is 351 g/mol. The Kier molecular flexibility index (Phi) is 4.94. The number of hydrogen-bond donors (Lipinski definition) is 2. The van der Waals surface area contributed by atoms with E-state index in [0.29, 0.717) is 11.6 Å². The zero-order valence-corrected chi connectivity index (χ0v) is 13.9. The monoisotopic (exact) mass is 351 g/mol. The maximum Gasteiger partial charge on any atom is 0.416 e. The number of aliphatic hydroxyl groups excluding tert-OH is 1. The Bertz CT molecular complexity index is 762. The fourth-order valence-corrected chi connectivity index (χ4v) is 3.10. The van der Waals surface area contributed by atoms with Gasteiger partial charge >= 0.3 is 6.18 Å². The van der Waals surface area contributed by atoms with Gasteiger partial charge in [-0.25, -0.2) is 9.97 Å². The number of anilines is 1. The zero-order chi connectivity index (χ0) is 18.0. The van der Waals surface area contributed by atoms with E-state index in [1.807, 2.05) is 6.92 Å². The Morgan fingerprint density at radius 3 is 2.72 bits per heavy atom. The third kappa shape index (κ3) is 4.10. The molecule has 4 nitrogen and oxygen atoms in total. The fourth-order valence-electron chi connectivity index (χ4n) is 3.10. The Morgan fingerprint density at radius 2 is 1.96 bits per heavy atom. The van der Waals surface area contributed by atoms with E-state index >= 15 is 0 Å². The SMILES string of the molecule is Cc1nc2c(c(NCC(O)c3cccc(C(F)(F)F)c3)n1)CCCC2. The summed E-state index contributed by atoms with van der Waals surface area (Å²) in [4.78, 5) is 8.86. The van der Waals surface area contributed by atoms with Gasteiger partial charge < -0.3 is 10.4 Å². The lowest BCUT2D eigenvalue weighted by Gasteiger charge is -2.20. The van der Waals surface area contributed by atoms with Crippen LogP contribution in [-0.4, -0.2) is 21.6 Å². The Hall–Kier alpha value is -2.15. The number of aliphatic hydroxyl groups is 1. The molecule has 0 spiro atoms. The third-order valence-electron chi connectivity index (χ3n) is 4.36. The number of hydrogen-bond acceptors (Lipinski definition) is 4. The molecule has 1 heterocycles. The molecule has 25 heavy (non-hydrogen) atoms. The molecule has 1 unspecified atom stereocenters. The second kappa shape index (κ2) is 7.00. The maximum atomic E-state index is 12.8. The summed E-state index contributed by atoms with van der Waals surface area (Å²) in [6.45, 7) is 1.90. The fraction of sp³-hybridized carbons (Fsp3) is 0.444. The van der Waals surface area contributed by atoms with Gasteiger partial charge in [0.25, 0.3) is 0 Å². The molecule has 1 aliphatic carbocycles. The Morgan fingerprint density at radius 1 is 1.20 bits per heavy atom. The summed E-state index contributed by atoms with van der Waals surface area (Å²) in [5.74, 6) is 1.32. The molecule has 134 valence electrons. The van der Waals surface area contributed by atoms with Gasteiger partial charge in [0, 0.05) is 17.8 Å². The molecule has 0 aliphatic heterocycles. The van der Waals surface area contributed by atoms with Crippen molar-refractivity contribution in [1.82, 2.24) is 9.97 Å². The van der Waals surface area contributed by atoms with E-state index < -0.39 is 17.8 Å². The van der Waals surface area contributed by atoms with Gasteiger partial charge in [-0.2, -0.15) is 13.2 Å². The Balaban J connectivity index is 1.75. The van der Waals surface area contributed by atoms with Gasteiger partial charge in [0.15, 0.2) is 0 Å². The number of aryl methyl sites for hydroxylation is 2. The number of alkyl halides is 3. The molecular weight excluding hydrogens is 331 g/mol. The van der Waals surface area contributed by atoms with Crippen LogP contribution >= 0.6 is 0 Å². The van der Waals surface area contributed by atoms with Crippen molar-refractivity contribution < 1.29 is 18.3 Å². The summed E-state index contributed by atoms with van der Waals surface area (Å²) < 4.78 is 38.4. The minimum absolute atomic E-state index is 0.0875. The lowest BCUT2D eigenvalue weighted by molar-refractivity contribution is -0.137. The van der Waals surface area contributed by atoms with Crippen LogP contribution in [0, 0.1) is 6.92 Å². The van der Waals surface area contributed by atoms with Crippen molar-refractivity contribution in [3.63, 3.8) is 0 Å². The molecule has 7 heteroatoms. The van der Waals surface area contributed by atoms with Gasteiger partial charge in [0.05, 0.1) is 11.7 Å². The van der Waals surface area contributed by atoms with E-state index in [1.165, 1.54) is 12.1 Å². The van der Waals surface area contributed by atoms with E-state index in [2.05, 4.69) is 15.3 Å². The van der Waals surface area contributed by atoms with Crippen LogP contribution in [0.15, 0.2) is 24.3 Å². The van der Waals surface area contributed by atoms with E-state index in [1.54, 1.807) is 0 Å². The second-order valence-corrected chi connectivity index (χ2v) is 6.27. The molecule has 1 aromatic carbocycles. The third-order valence-corrected chi connectivity index (χ3v) is 4.36. The number of fused-ring (bicyclic) bond motifs is 1. The van der Waals surface area contributed by atoms with Gasteiger partial charge in [0.2, 0.25) is 0 Å². The molecule has 2 N–H and O–H groups in total. The van der Waals surface area contributed by atoms with Gasteiger partial charge in [-0.3, -0.25) is 0 Å². The van der Waals surface area contributed by atoms with E-state index in [0.717, 1.165) is 49.1 Å². The van der Waals surface area contributed by atoms with Crippen LogP contribution in [0.3, 0.4) is 0 Å². The molecular formula is C18H20F3N3O. The number of rotatable bonds is 4. The van der Waals surface area contributed by atoms with Crippen molar-refractivity contribution in [3.05, 3.63) is 52.5 Å². The molecule has 0 saturated heterocycles. The van der Waals surface area contributed by atoms with Gasteiger partial charge in [-0.05, 0) is 50.3 Å². The summed E-state index contributed by atoms with van der Waals surface area (Å²) >= 11 is 0. The molecule has 0 saturated carbocycles. The van der Waals surface area contributed by atoms with Crippen LogP contribution in [0.2, 0.25) is 0 Å². The average Bonchev–Trinajstić information content (AvgIpc) is 2.58. The Labute approximate surface area is 144 Å². The summed E-state index contributed by atoms with van der Waals surface area (Å²) in [5.41, 5.74) is 1.53. The number of nitrogens with one attached hydrogen (secondary N) is 1. The van der Waals surface area contributed by atoms with Gasteiger partial charge in [-0.15, -0.1) is 0 Å². The summed E-state index contributed by atoms with van der Waals surface area (Å²) in [6, 6.07) is 4.77. The van der Waals surface area contributed by atoms with Crippen LogP contribution in [0.25, 0.3) is 0 Å². The highest BCUT2D eigenvalue weighted by Crippen LogP contribution is 2.31. The minimum Gasteiger partial charge on any atom is -0.387 e. The van der Waals surface area contributed by atoms with Crippen molar-refractivity contribution in [2.45, 2.75) is 44.9 Å².